The van der Waals surface area contributed by atoms with Gasteiger partial charge in [-0.1, -0.05) is 51.8 Å². The van der Waals surface area contributed by atoms with Gasteiger partial charge in [0, 0.05) is 15.4 Å². The number of carbonyl (C=O) groups is 1. The van der Waals surface area contributed by atoms with Crippen molar-refractivity contribution in [1.29, 1.82) is 0 Å². The molecule has 4 nitrogen and oxygen atoms in total. The van der Waals surface area contributed by atoms with Crippen LogP contribution in [0.4, 0.5) is 0 Å². The number of para-hydroxylation sites is 1. The number of ether oxygens (including phenoxy) is 1. The lowest BCUT2D eigenvalue weighted by Gasteiger charge is -2.09. The Morgan fingerprint density at radius 1 is 1.17 bits per heavy atom. The van der Waals surface area contributed by atoms with Crippen molar-refractivity contribution in [3.05, 3.63) is 57.7 Å². The van der Waals surface area contributed by atoms with Crippen LogP contribution in [-0.4, -0.2) is 22.5 Å². The zero-order chi connectivity index (χ0) is 16.4. The molecule has 3 aromatic rings. The second-order valence-corrected chi connectivity index (χ2v) is 6.08. The van der Waals surface area contributed by atoms with E-state index in [-0.39, 0.29) is 12.3 Å². The highest BCUT2D eigenvalue weighted by Crippen LogP contribution is 2.27. The van der Waals surface area contributed by atoms with E-state index in [0.29, 0.717) is 21.7 Å². The molecule has 0 saturated carbocycles. The van der Waals surface area contributed by atoms with E-state index in [2.05, 4.69) is 25.9 Å². The topological polar surface area (TPSA) is 52.1 Å². The average Bonchev–Trinajstić information content (AvgIpc) is 2.55. The number of rotatable bonds is 3. The lowest BCUT2D eigenvalue weighted by molar-refractivity contribution is 0.0522. The summed E-state index contributed by atoms with van der Waals surface area (Å²) < 4.78 is 6.06. The van der Waals surface area contributed by atoms with E-state index in [1.807, 2.05) is 24.3 Å². The molecule has 0 unspecified atom stereocenters. The minimum atomic E-state index is -0.486. The first-order chi connectivity index (χ1) is 11.1. The van der Waals surface area contributed by atoms with Crippen molar-refractivity contribution < 1.29 is 9.53 Å². The van der Waals surface area contributed by atoms with Crippen molar-refractivity contribution >= 4 is 44.4 Å². The number of esters is 1. The molecule has 0 aliphatic rings. The molecule has 23 heavy (non-hydrogen) atoms. The van der Waals surface area contributed by atoms with E-state index in [9.17, 15) is 4.79 Å². The Bertz CT molecular complexity index is 882. The maximum absolute atomic E-state index is 12.2. The molecule has 0 aliphatic heterocycles. The summed E-state index contributed by atoms with van der Waals surface area (Å²) in [6.45, 7) is 2.03. The highest BCUT2D eigenvalue weighted by Gasteiger charge is 2.18. The molecule has 3 rings (SSSR count). The summed E-state index contributed by atoms with van der Waals surface area (Å²) in [5, 5.41) is 1.05. The second-order valence-electron chi connectivity index (χ2n) is 4.76. The molecule has 0 N–H and O–H groups in total. The van der Waals surface area contributed by atoms with Crippen molar-refractivity contribution in [2.45, 2.75) is 6.92 Å². The van der Waals surface area contributed by atoms with Crippen molar-refractivity contribution in [1.82, 2.24) is 9.97 Å². The van der Waals surface area contributed by atoms with Gasteiger partial charge in [-0.05, 0) is 25.1 Å². The van der Waals surface area contributed by atoms with Crippen LogP contribution < -0.4 is 0 Å². The number of hydrogen-bond donors (Lipinski definition) is 0. The number of fused-ring (bicyclic) bond motifs is 1. The fourth-order valence-corrected chi connectivity index (χ4v) is 2.68. The predicted octanol–water partition coefficient (Wildman–Crippen LogP) is 4.89. The average molecular weight is 392 g/mol. The maximum Gasteiger partial charge on any atom is 0.357 e. The molecule has 0 aliphatic carbocycles. The number of aromatic nitrogens is 2. The zero-order valence-corrected chi connectivity index (χ0v) is 14.6. The normalized spacial score (nSPS) is 10.7. The molecular formula is C17H12BrClN2O2. The summed E-state index contributed by atoms with van der Waals surface area (Å²) in [5.74, 6) is -0.0540. The van der Waals surface area contributed by atoms with E-state index in [1.165, 1.54) is 0 Å². The molecule has 6 heteroatoms. The van der Waals surface area contributed by atoms with Gasteiger partial charge in [0.1, 0.15) is 0 Å². The maximum atomic E-state index is 12.2. The van der Waals surface area contributed by atoms with Gasteiger partial charge in [-0.15, -0.1) is 0 Å². The molecule has 0 amide bonds. The molecule has 116 valence electrons. The molecule has 2 aromatic carbocycles. The number of halogens is 2. The summed E-state index contributed by atoms with van der Waals surface area (Å²) in [6, 6.07) is 12.8. The smallest absolute Gasteiger partial charge is 0.357 e. The van der Waals surface area contributed by atoms with Crippen LogP contribution in [0.2, 0.25) is 5.02 Å². The fourth-order valence-electron chi connectivity index (χ4n) is 2.20. The van der Waals surface area contributed by atoms with E-state index in [0.717, 1.165) is 10.0 Å². The van der Waals surface area contributed by atoms with Crippen molar-refractivity contribution in [2.75, 3.05) is 6.61 Å². The van der Waals surface area contributed by atoms with Crippen molar-refractivity contribution in [2.24, 2.45) is 0 Å². The van der Waals surface area contributed by atoms with Gasteiger partial charge >= 0.3 is 5.97 Å². The third-order valence-electron chi connectivity index (χ3n) is 3.25. The number of nitrogens with zero attached hydrogens (tertiary/aromatic N) is 2. The van der Waals surface area contributed by atoms with Gasteiger partial charge in [0.25, 0.3) is 0 Å². The Kier molecular flexibility index (Phi) is 4.59. The summed E-state index contributed by atoms with van der Waals surface area (Å²) >= 11 is 9.64. The van der Waals surface area contributed by atoms with Gasteiger partial charge in [0.05, 0.1) is 17.1 Å². The van der Waals surface area contributed by atoms with Crippen LogP contribution in [0.25, 0.3) is 22.3 Å². The van der Waals surface area contributed by atoms with Crippen molar-refractivity contribution in [3.63, 3.8) is 0 Å². The molecule has 0 radical (unpaired) electrons. The van der Waals surface area contributed by atoms with Gasteiger partial charge in [-0.25, -0.2) is 14.8 Å². The summed E-state index contributed by atoms with van der Waals surface area (Å²) in [7, 11) is 0. The van der Waals surface area contributed by atoms with Gasteiger partial charge < -0.3 is 4.74 Å². The molecule has 0 fully saturated rings. The number of carbonyl (C=O) groups excluding carboxylic acids is 1. The molecule has 0 spiro atoms. The quantitative estimate of drug-likeness (QED) is 0.597. The van der Waals surface area contributed by atoms with Crippen LogP contribution in [0.3, 0.4) is 0 Å². The minimum absolute atomic E-state index is 0.220. The van der Waals surface area contributed by atoms with Crippen LogP contribution in [0.5, 0.6) is 0 Å². The van der Waals surface area contributed by atoms with E-state index >= 15 is 0 Å². The highest BCUT2D eigenvalue weighted by atomic mass is 79.9. The molecule has 0 atom stereocenters. The third-order valence-corrected chi connectivity index (χ3v) is 4.08. The number of hydrogen-bond acceptors (Lipinski definition) is 4. The summed E-state index contributed by atoms with van der Waals surface area (Å²) in [5.41, 5.74) is 1.54. The Morgan fingerprint density at radius 2 is 1.91 bits per heavy atom. The zero-order valence-electron chi connectivity index (χ0n) is 12.2. The monoisotopic (exact) mass is 390 g/mol. The minimum Gasteiger partial charge on any atom is -0.461 e. The Balaban J connectivity index is 2.25. The Morgan fingerprint density at radius 3 is 2.61 bits per heavy atom. The third kappa shape index (κ3) is 3.21. The first kappa shape index (κ1) is 15.9. The SMILES string of the molecule is CCOC(=O)c1nc(-c2ccc(Br)cc2)nc2c(Cl)cccc12. The highest BCUT2D eigenvalue weighted by molar-refractivity contribution is 9.10. The Hall–Kier alpha value is -1.98. The first-order valence-electron chi connectivity index (χ1n) is 6.99. The molecular weight excluding hydrogens is 380 g/mol. The van der Waals surface area contributed by atoms with Crippen LogP contribution in [0.1, 0.15) is 17.4 Å². The fraction of sp³-hybridized carbons (Fsp3) is 0.118. The van der Waals surface area contributed by atoms with E-state index < -0.39 is 5.97 Å². The molecule has 1 aromatic heterocycles. The molecule has 0 saturated heterocycles. The van der Waals surface area contributed by atoms with Gasteiger partial charge in [0.2, 0.25) is 0 Å². The standard InChI is InChI=1S/C17H12BrClN2O2/c1-2-23-17(22)15-12-4-3-5-13(19)14(12)20-16(21-15)10-6-8-11(18)9-7-10/h3-9H,2H2,1H3. The molecule has 1 heterocycles. The summed E-state index contributed by atoms with van der Waals surface area (Å²) in [4.78, 5) is 21.2. The van der Waals surface area contributed by atoms with Gasteiger partial charge in [0.15, 0.2) is 11.5 Å². The predicted molar refractivity (Wildman–Crippen MR) is 93.6 cm³/mol. The molecule has 0 bridgehead atoms. The first-order valence-corrected chi connectivity index (χ1v) is 8.16. The van der Waals surface area contributed by atoms with Crippen LogP contribution in [0, 0.1) is 0 Å². The largest absolute Gasteiger partial charge is 0.461 e. The van der Waals surface area contributed by atoms with Crippen LogP contribution in [0.15, 0.2) is 46.9 Å². The lowest BCUT2D eigenvalue weighted by Crippen LogP contribution is -2.10. The van der Waals surface area contributed by atoms with Crippen LogP contribution in [-0.2, 0) is 4.74 Å². The van der Waals surface area contributed by atoms with Crippen LogP contribution >= 0.6 is 27.5 Å². The lowest BCUT2D eigenvalue weighted by atomic mass is 10.1. The Labute approximate surface area is 146 Å². The summed E-state index contributed by atoms with van der Waals surface area (Å²) in [6.07, 6.45) is 0. The van der Waals surface area contributed by atoms with E-state index in [1.54, 1.807) is 25.1 Å². The van der Waals surface area contributed by atoms with Crippen molar-refractivity contribution in [3.8, 4) is 11.4 Å². The second kappa shape index (κ2) is 6.64. The van der Waals surface area contributed by atoms with E-state index in [4.69, 9.17) is 16.3 Å². The van der Waals surface area contributed by atoms with Gasteiger partial charge in [-0.2, -0.15) is 0 Å². The van der Waals surface area contributed by atoms with Gasteiger partial charge in [-0.3, -0.25) is 0 Å². The number of benzene rings is 2.